The Balaban J connectivity index is 1.47. The monoisotopic (exact) mass is 472 g/mol. The molecular formula is C25H18Cl2N6. The van der Waals surface area contributed by atoms with Gasteiger partial charge in [-0.15, -0.1) is 0 Å². The Morgan fingerprint density at radius 2 is 1.67 bits per heavy atom. The Hall–Kier alpha value is -3.61. The van der Waals surface area contributed by atoms with Crippen molar-refractivity contribution in [1.29, 1.82) is 0 Å². The number of hydrogen-bond donors (Lipinski definition) is 0. The fraction of sp³-hybridized carbons (Fsp3) is 0.0800. The zero-order chi connectivity index (χ0) is 22.7. The van der Waals surface area contributed by atoms with Gasteiger partial charge in [-0.25, -0.2) is 9.97 Å². The Morgan fingerprint density at radius 3 is 2.45 bits per heavy atom. The molecule has 6 nitrogen and oxygen atoms in total. The molecule has 3 aromatic heterocycles. The van der Waals surface area contributed by atoms with Gasteiger partial charge in [-0.1, -0.05) is 35.3 Å². The van der Waals surface area contributed by atoms with Crippen LogP contribution in [-0.4, -0.2) is 31.1 Å². The molecule has 0 N–H and O–H groups in total. The van der Waals surface area contributed by atoms with Gasteiger partial charge < -0.3 is 4.90 Å². The van der Waals surface area contributed by atoms with E-state index in [0.717, 1.165) is 51.0 Å². The van der Waals surface area contributed by atoms with Crippen molar-refractivity contribution in [2.24, 2.45) is 0 Å². The minimum atomic E-state index is 0.509. The van der Waals surface area contributed by atoms with E-state index in [1.54, 1.807) is 18.6 Å². The minimum absolute atomic E-state index is 0.509. The second-order valence-electron chi connectivity index (χ2n) is 7.90. The number of fused-ring (bicyclic) bond motifs is 4. The summed E-state index contributed by atoms with van der Waals surface area (Å²) in [5.74, 6) is 1.74. The van der Waals surface area contributed by atoms with Gasteiger partial charge in [0.2, 0.25) is 0 Å². The smallest absolute Gasteiger partial charge is 0.139 e. The highest BCUT2D eigenvalue weighted by atomic mass is 35.5. The molecule has 0 bridgehead atoms. The van der Waals surface area contributed by atoms with E-state index in [4.69, 9.17) is 23.2 Å². The van der Waals surface area contributed by atoms with Gasteiger partial charge in [-0.2, -0.15) is 0 Å². The minimum Gasteiger partial charge on any atom is -0.342 e. The van der Waals surface area contributed by atoms with Gasteiger partial charge in [0.1, 0.15) is 17.2 Å². The summed E-state index contributed by atoms with van der Waals surface area (Å²) in [5.41, 5.74) is 6.88. The molecule has 0 saturated heterocycles. The third-order valence-corrected chi connectivity index (χ3v) is 6.70. The fourth-order valence-corrected chi connectivity index (χ4v) is 4.71. The van der Waals surface area contributed by atoms with Gasteiger partial charge in [0.05, 0.1) is 38.8 Å². The third kappa shape index (κ3) is 3.14. The first-order valence-electron chi connectivity index (χ1n) is 10.4. The van der Waals surface area contributed by atoms with Crippen molar-refractivity contribution in [2.75, 3.05) is 11.9 Å². The standard InChI is InChI=1S/C25H18Cl2N6/c1-15-30-20-14-28-8-7-21(20)33(15)17-5-3-16(4-6-17)22-13-25-29-9-10-32(25)24-12-19(27)18(26)11-23(24)31(22)2/h3-14H,1-2H3. The number of imidazole rings is 2. The van der Waals surface area contributed by atoms with E-state index in [2.05, 4.69) is 54.8 Å². The molecule has 0 aliphatic carbocycles. The van der Waals surface area contributed by atoms with Gasteiger partial charge in [0, 0.05) is 37.4 Å². The van der Waals surface area contributed by atoms with E-state index in [1.165, 1.54) is 0 Å². The second-order valence-corrected chi connectivity index (χ2v) is 8.72. The molecule has 0 amide bonds. The zero-order valence-corrected chi connectivity index (χ0v) is 19.4. The van der Waals surface area contributed by atoms with Gasteiger partial charge >= 0.3 is 0 Å². The first-order chi connectivity index (χ1) is 16.0. The Labute approximate surface area is 200 Å². The number of rotatable bonds is 2. The Morgan fingerprint density at radius 1 is 0.909 bits per heavy atom. The maximum absolute atomic E-state index is 6.38. The number of pyridine rings is 1. The molecule has 2 aromatic carbocycles. The van der Waals surface area contributed by atoms with Crippen LogP contribution in [-0.2, 0) is 0 Å². The summed E-state index contributed by atoms with van der Waals surface area (Å²) in [6.07, 6.45) is 9.36. The maximum atomic E-state index is 6.38. The van der Waals surface area contributed by atoms with E-state index in [-0.39, 0.29) is 0 Å². The molecule has 0 unspecified atom stereocenters. The number of hydrogen-bond acceptors (Lipinski definition) is 4. The topological polar surface area (TPSA) is 51.8 Å². The summed E-state index contributed by atoms with van der Waals surface area (Å²) in [5, 5.41) is 1.02. The Kier molecular flexibility index (Phi) is 4.54. The van der Waals surface area contributed by atoms with Crippen LogP contribution in [0.5, 0.6) is 0 Å². The summed E-state index contributed by atoms with van der Waals surface area (Å²) < 4.78 is 4.15. The van der Waals surface area contributed by atoms with Crippen LogP contribution in [0.15, 0.2) is 67.3 Å². The number of halogens is 2. The zero-order valence-electron chi connectivity index (χ0n) is 17.9. The van der Waals surface area contributed by atoms with E-state index in [9.17, 15) is 0 Å². The first kappa shape index (κ1) is 20.0. The first-order valence-corrected chi connectivity index (χ1v) is 11.1. The molecule has 0 spiro atoms. The van der Waals surface area contributed by atoms with Crippen molar-refractivity contribution in [3.05, 3.63) is 94.5 Å². The highest BCUT2D eigenvalue weighted by Gasteiger charge is 2.22. The SMILES string of the molecule is Cc1nc2cnccc2n1-c1ccc(C2=Cc3nccn3-c3cc(Cl)c(Cl)cc3N2C)cc1. The lowest BCUT2D eigenvalue weighted by molar-refractivity contribution is 1.00. The number of aryl methyl sites for hydroxylation is 1. The van der Waals surface area contributed by atoms with Crippen LogP contribution in [0.1, 0.15) is 17.2 Å². The lowest BCUT2D eigenvalue weighted by Crippen LogP contribution is -2.16. The molecule has 0 atom stereocenters. The van der Waals surface area contributed by atoms with Crippen LogP contribution in [0.3, 0.4) is 0 Å². The molecule has 0 fully saturated rings. The summed E-state index contributed by atoms with van der Waals surface area (Å²) in [7, 11) is 2.02. The molecule has 8 heteroatoms. The summed E-state index contributed by atoms with van der Waals surface area (Å²) >= 11 is 12.7. The number of benzene rings is 2. The van der Waals surface area contributed by atoms with E-state index >= 15 is 0 Å². The maximum Gasteiger partial charge on any atom is 0.139 e. The molecule has 6 rings (SSSR count). The van der Waals surface area contributed by atoms with Crippen molar-refractivity contribution < 1.29 is 0 Å². The van der Waals surface area contributed by atoms with E-state index < -0.39 is 0 Å². The van der Waals surface area contributed by atoms with Crippen molar-refractivity contribution in [3.8, 4) is 11.4 Å². The third-order valence-electron chi connectivity index (χ3n) is 5.98. The van der Waals surface area contributed by atoms with Crippen molar-refractivity contribution in [2.45, 2.75) is 6.92 Å². The van der Waals surface area contributed by atoms with Gasteiger partial charge in [-0.05, 0) is 42.8 Å². The highest BCUT2D eigenvalue weighted by molar-refractivity contribution is 6.42. The average Bonchev–Trinajstić information content (AvgIpc) is 3.39. The van der Waals surface area contributed by atoms with Crippen LogP contribution in [0, 0.1) is 6.92 Å². The molecule has 0 saturated carbocycles. The van der Waals surface area contributed by atoms with Crippen LogP contribution in [0.2, 0.25) is 10.0 Å². The molecule has 162 valence electrons. The van der Waals surface area contributed by atoms with Crippen molar-refractivity contribution in [1.82, 2.24) is 24.1 Å². The average molecular weight is 473 g/mol. The largest absolute Gasteiger partial charge is 0.342 e. The van der Waals surface area contributed by atoms with Crippen LogP contribution >= 0.6 is 23.2 Å². The molecule has 1 aliphatic rings. The number of anilines is 1. The van der Waals surface area contributed by atoms with Gasteiger partial charge in [0.15, 0.2) is 0 Å². The molecule has 33 heavy (non-hydrogen) atoms. The van der Waals surface area contributed by atoms with Gasteiger partial charge in [0.25, 0.3) is 0 Å². The summed E-state index contributed by atoms with van der Waals surface area (Å²) in [4.78, 5) is 15.5. The Bertz CT molecular complexity index is 1560. The van der Waals surface area contributed by atoms with Crippen molar-refractivity contribution >= 4 is 51.7 Å². The van der Waals surface area contributed by atoms with Crippen LogP contribution in [0.4, 0.5) is 5.69 Å². The highest BCUT2D eigenvalue weighted by Crippen LogP contribution is 2.39. The predicted octanol–water partition coefficient (Wildman–Crippen LogP) is 6.17. The molecular weight excluding hydrogens is 455 g/mol. The van der Waals surface area contributed by atoms with Crippen molar-refractivity contribution in [3.63, 3.8) is 0 Å². The normalized spacial score (nSPS) is 13.0. The molecule has 4 heterocycles. The second kappa shape index (κ2) is 7.47. The number of aromatic nitrogens is 5. The fourth-order valence-electron chi connectivity index (χ4n) is 4.40. The van der Waals surface area contributed by atoms with E-state index in [0.29, 0.717) is 10.0 Å². The van der Waals surface area contributed by atoms with E-state index in [1.807, 2.05) is 42.9 Å². The van der Waals surface area contributed by atoms with Gasteiger partial charge in [-0.3, -0.25) is 14.1 Å². The lowest BCUT2D eigenvalue weighted by Gasteiger charge is -2.24. The lowest BCUT2D eigenvalue weighted by atomic mass is 10.1. The predicted molar refractivity (Wildman–Crippen MR) is 133 cm³/mol. The summed E-state index contributed by atoms with van der Waals surface area (Å²) in [6, 6.07) is 14.2. The van der Waals surface area contributed by atoms with Crippen LogP contribution < -0.4 is 4.90 Å². The molecule has 1 aliphatic heterocycles. The molecule has 5 aromatic rings. The van der Waals surface area contributed by atoms with Crippen LogP contribution in [0.25, 0.3) is 34.2 Å². The quantitative estimate of drug-likeness (QED) is 0.308. The summed E-state index contributed by atoms with van der Waals surface area (Å²) in [6.45, 7) is 2.00. The molecule has 0 radical (unpaired) electrons. The number of nitrogens with zero attached hydrogens (tertiary/aromatic N) is 6.